The van der Waals surface area contributed by atoms with Crippen LogP contribution < -0.4 is 10.3 Å². The number of carbonyl (C=O) groups excluding carboxylic acids is 1. The van der Waals surface area contributed by atoms with Crippen molar-refractivity contribution < 1.29 is 9.53 Å². The van der Waals surface area contributed by atoms with Crippen LogP contribution in [0.25, 0.3) is 0 Å². The Morgan fingerprint density at radius 3 is 2.54 bits per heavy atom. The summed E-state index contributed by atoms with van der Waals surface area (Å²) in [4.78, 5) is 26.0. The fourth-order valence-corrected chi connectivity index (χ4v) is 4.64. The second-order valence-corrected chi connectivity index (χ2v) is 7.55. The van der Waals surface area contributed by atoms with Crippen molar-refractivity contribution in [2.45, 2.75) is 64.0 Å². The molecule has 1 aromatic rings. The monoisotopic (exact) mass is 396 g/mol. The highest BCUT2D eigenvalue weighted by Gasteiger charge is 2.32. The van der Waals surface area contributed by atoms with Crippen molar-refractivity contribution in [3.05, 3.63) is 26.6 Å². The lowest BCUT2D eigenvalue weighted by atomic mass is 9.92. The molecule has 0 unspecified atom stereocenters. The summed E-state index contributed by atoms with van der Waals surface area (Å²) in [6, 6.07) is 1.94. The molecule has 0 spiro atoms. The molecule has 132 valence electrons. The van der Waals surface area contributed by atoms with E-state index in [1.54, 1.807) is 17.7 Å². The second-order valence-electron chi connectivity index (χ2n) is 6.76. The number of pyridine rings is 1. The molecule has 0 radical (unpaired) electrons. The quantitative estimate of drug-likeness (QED) is 0.785. The summed E-state index contributed by atoms with van der Waals surface area (Å²) in [6.07, 6.45) is 6.42. The van der Waals surface area contributed by atoms with Gasteiger partial charge < -0.3 is 14.2 Å². The van der Waals surface area contributed by atoms with E-state index in [0.29, 0.717) is 24.1 Å². The summed E-state index contributed by atoms with van der Waals surface area (Å²) < 4.78 is 8.68. The number of likely N-dealkylation sites (tertiary alicyclic amines) is 1. The minimum atomic E-state index is -0.0404. The van der Waals surface area contributed by atoms with E-state index in [4.69, 9.17) is 4.74 Å². The van der Waals surface area contributed by atoms with E-state index in [-0.39, 0.29) is 11.7 Å². The fourth-order valence-electron chi connectivity index (χ4n) is 3.88. The first-order chi connectivity index (χ1) is 11.5. The van der Waals surface area contributed by atoms with Crippen molar-refractivity contribution in [1.82, 2.24) is 9.47 Å². The van der Waals surface area contributed by atoms with E-state index in [9.17, 15) is 9.59 Å². The Morgan fingerprint density at radius 2 is 1.96 bits per heavy atom. The van der Waals surface area contributed by atoms with Crippen molar-refractivity contribution in [2.24, 2.45) is 7.05 Å². The van der Waals surface area contributed by atoms with Crippen LogP contribution in [-0.2, 0) is 18.3 Å². The molecule has 0 bridgehead atoms. The molecule has 0 atom stereocenters. The summed E-state index contributed by atoms with van der Waals surface area (Å²) in [5, 5.41) is 0. The molecule has 1 saturated carbocycles. The lowest BCUT2D eigenvalue weighted by Crippen LogP contribution is -2.40. The number of carbonyl (C=O) groups is 1. The summed E-state index contributed by atoms with van der Waals surface area (Å²) in [6.45, 7) is 2.94. The lowest BCUT2D eigenvalue weighted by Gasteiger charge is -2.34. The van der Waals surface area contributed by atoms with Crippen LogP contribution in [0.4, 0.5) is 0 Å². The number of aromatic nitrogens is 1. The van der Waals surface area contributed by atoms with Crippen LogP contribution >= 0.6 is 15.9 Å². The maximum absolute atomic E-state index is 12.1. The molecule has 0 N–H and O–H groups in total. The van der Waals surface area contributed by atoms with Crippen LogP contribution in [0.2, 0.25) is 0 Å². The minimum absolute atomic E-state index is 0.0404. The Kier molecular flexibility index (Phi) is 5.33. The molecule has 1 aliphatic carbocycles. The number of halogens is 1. The van der Waals surface area contributed by atoms with Gasteiger partial charge in [0.2, 0.25) is 5.91 Å². The Hall–Kier alpha value is -1.30. The van der Waals surface area contributed by atoms with Gasteiger partial charge in [0.25, 0.3) is 5.56 Å². The third kappa shape index (κ3) is 3.39. The summed E-state index contributed by atoms with van der Waals surface area (Å²) >= 11 is 3.59. The zero-order valence-corrected chi connectivity index (χ0v) is 16.0. The molecule has 2 fully saturated rings. The minimum Gasteiger partial charge on any atom is -0.489 e. The van der Waals surface area contributed by atoms with Crippen molar-refractivity contribution in [3.8, 4) is 5.75 Å². The third-order valence-electron chi connectivity index (χ3n) is 5.28. The number of hydrogen-bond acceptors (Lipinski definition) is 3. The van der Waals surface area contributed by atoms with Gasteiger partial charge in [0, 0.05) is 37.8 Å². The highest BCUT2D eigenvalue weighted by Crippen LogP contribution is 2.32. The smallest absolute Gasteiger partial charge is 0.254 e. The second kappa shape index (κ2) is 7.30. The molecule has 1 saturated heterocycles. The average Bonchev–Trinajstić information content (AvgIpc) is 3.00. The number of ether oxygens (including phenoxy) is 1. The molecule has 2 heterocycles. The molecule has 1 aromatic heterocycles. The average molecular weight is 397 g/mol. The van der Waals surface area contributed by atoms with Gasteiger partial charge in [-0.05, 0) is 54.5 Å². The number of hydrogen-bond donors (Lipinski definition) is 0. The van der Waals surface area contributed by atoms with E-state index < -0.39 is 0 Å². The molecule has 3 rings (SSSR count). The summed E-state index contributed by atoms with van der Waals surface area (Å²) in [5.74, 6) is 0.955. The maximum Gasteiger partial charge on any atom is 0.254 e. The van der Waals surface area contributed by atoms with Crippen molar-refractivity contribution in [3.63, 3.8) is 0 Å². The lowest BCUT2D eigenvalue weighted by molar-refractivity contribution is -0.130. The van der Waals surface area contributed by atoms with E-state index in [0.717, 1.165) is 55.2 Å². The fraction of sp³-hybridized carbons (Fsp3) is 0.667. The Bertz CT molecular complexity index is 678. The first-order valence-corrected chi connectivity index (χ1v) is 9.65. The van der Waals surface area contributed by atoms with Crippen LogP contribution in [-0.4, -0.2) is 34.1 Å². The van der Waals surface area contributed by atoms with Crippen LogP contribution in [0.15, 0.2) is 15.3 Å². The zero-order valence-electron chi connectivity index (χ0n) is 14.4. The van der Waals surface area contributed by atoms with Gasteiger partial charge in [0.1, 0.15) is 5.75 Å². The van der Waals surface area contributed by atoms with Gasteiger partial charge in [-0.2, -0.15) is 0 Å². The largest absolute Gasteiger partial charge is 0.489 e. The van der Waals surface area contributed by atoms with Crippen LogP contribution in [0, 0.1) is 0 Å². The Labute approximate surface area is 151 Å². The Morgan fingerprint density at radius 1 is 1.25 bits per heavy atom. The molecule has 24 heavy (non-hydrogen) atoms. The van der Waals surface area contributed by atoms with Crippen LogP contribution in [0.3, 0.4) is 0 Å². The van der Waals surface area contributed by atoms with Crippen molar-refractivity contribution in [1.29, 1.82) is 0 Å². The standard InChI is InChI=1S/C18H25BrN2O3/c1-3-14-18(19)15(11-17(23)20(14)2)24-13-8-6-12(7-9-13)21-10-4-5-16(21)22/h11-13H,3-10H2,1-2H3. The number of amides is 1. The summed E-state index contributed by atoms with van der Waals surface area (Å²) in [5.41, 5.74) is 0.912. The third-order valence-corrected chi connectivity index (χ3v) is 6.13. The van der Waals surface area contributed by atoms with E-state index >= 15 is 0 Å². The molecular formula is C18H25BrN2O3. The van der Waals surface area contributed by atoms with E-state index in [1.807, 2.05) is 6.92 Å². The van der Waals surface area contributed by atoms with E-state index in [1.165, 1.54) is 0 Å². The van der Waals surface area contributed by atoms with Gasteiger partial charge in [-0.1, -0.05) is 6.92 Å². The molecule has 5 nitrogen and oxygen atoms in total. The molecular weight excluding hydrogens is 372 g/mol. The number of nitrogens with zero attached hydrogens (tertiary/aromatic N) is 2. The first-order valence-electron chi connectivity index (χ1n) is 8.85. The molecule has 1 aliphatic heterocycles. The highest BCUT2D eigenvalue weighted by atomic mass is 79.9. The predicted molar refractivity (Wildman–Crippen MR) is 96.4 cm³/mol. The van der Waals surface area contributed by atoms with Gasteiger partial charge in [-0.25, -0.2) is 0 Å². The van der Waals surface area contributed by atoms with Crippen molar-refractivity contribution >= 4 is 21.8 Å². The normalized spacial score (nSPS) is 24.5. The Balaban J connectivity index is 1.65. The molecule has 1 amide bonds. The number of rotatable bonds is 4. The highest BCUT2D eigenvalue weighted by molar-refractivity contribution is 9.10. The first kappa shape index (κ1) is 17.5. The van der Waals surface area contributed by atoms with Crippen molar-refractivity contribution in [2.75, 3.05) is 6.54 Å². The topological polar surface area (TPSA) is 51.5 Å². The summed E-state index contributed by atoms with van der Waals surface area (Å²) in [7, 11) is 1.79. The van der Waals surface area contributed by atoms with Gasteiger partial charge >= 0.3 is 0 Å². The van der Waals surface area contributed by atoms with E-state index in [2.05, 4.69) is 20.8 Å². The molecule has 2 aliphatic rings. The molecule has 6 heteroatoms. The van der Waals surface area contributed by atoms with Gasteiger partial charge in [-0.3, -0.25) is 9.59 Å². The predicted octanol–water partition coefficient (Wildman–Crippen LogP) is 3.02. The van der Waals surface area contributed by atoms with Gasteiger partial charge in [0.15, 0.2) is 0 Å². The van der Waals surface area contributed by atoms with Crippen LogP contribution in [0.1, 0.15) is 51.1 Å². The van der Waals surface area contributed by atoms with Crippen LogP contribution in [0.5, 0.6) is 5.75 Å². The molecule has 0 aromatic carbocycles. The van der Waals surface area contributed by atoms with Gasteiger partial charge in [-0.15, -0.1) is 0 Å². The zero-order chi connectivity index (χ0) is 17.3. The van der Waals surface area contributed by atoms with Gasteiger partial charge in [0.05, 0.1) is 10.6 Å². The maximum atomic E-state index is 12.1. The SMILES string of the molecule is CCc1c(Br)c(OC2CCC(N3CCCC3=O)CC2)cc(=O)n1C.